The molecule has 1 aromatic rings. The third-order valence-electron chi connectivity index (χ3n) is 4.32. The first-order valence-electron chi connectivity index (χ1n) is 7.92. The number of nitrogens with zero attached hydrogens (tertiary/aromatic N) is 1. The second kappa shape index (κ2) is 7.72. The number of hydrogen-bond acceptors (Lipinski definition) is 4. The zero-order valence-electron chi connectivity index (χ0n) is 14.3. The van der Waals surface area contributed by atoms with Gasteiger partial charge in [0.2, 0.25) is 5.91 Å². The largest absolute Gasteiger partial charge is 0.384 e. The second-order valence-corrected chi connectivity index (χ2v) is 6.31. The van der Waals surface area contributed by atoms with Crippen molar-refractivity contribution < 1.29 is 18.7 Å². The molecule has 1 aromatic carbocycles. The van der Waals surface area contributed by atoms with Crippen molar-refractivity contribution in [2.45, 2.75) is 12.8 Å². The number of carbonyl (C=O) groups excluding carboxylic acids is 2. The number of halogens is 1. The highest BCUT2D eigenvalue weighted by Crippen LogP contribution is 2.31. The lowest BCUT2D eigenvalue weighted by molar-refractivity contribution is -0.130. The van der Waals surface area contributed by atoms with Gasteiger partial charge in [-0.05, 0) is 44.1 Å². The van der Waals surface area contributed by atoms with Crippen LogP contribution < -0.4 is 10.6 Å². The van der Waals surface area contributed by atoms with Crippen molar-refractivity contribution in [3.05, 3.63) is 29.6 Å². The molecule has 0 bridgehead atoms. The predicted molar refractivity (Wildman–Crippen MR) is 89.5 cm³/mol. The molecule has 0 unspecified atom stereocenters. The molecule has 2 N–H and O–H groups in total. The Balaban J connectivity index is 2.21. The van der Waals surface area contributed by atoms with Gasteiger partial charge in [0, 0.05) is 26.9 Å². The van der Waals surface area contributed by atoms with Crippen LogP contribution in [0.2, 0.25) is 0 Å². The molecule has 1 aliphatic heterocycles. The lowest BCUT2D eigenvalue weighted by Gasteiger charge is -2.35. The minimum Gasteiger partial charge on any atom is -0.384 e. The van der Waals surface area contributed by atoms with Crippen LogP contribution >= 0.6 is 0 Å². The lowest BCUT2D eigenvalue weighted by atomic mass is 9.78. The number of carbonyl (C=O) groups is 2. The molecule has 0 atom stereocenters. The molecule has 0 radical (unpaired) electrons. The summed E-state index contributed by atoms with van der Waals surface area (Å²) in [7, 11) is 4.67. The summed E-state index contributed by atoms with van der Waals surface area (Å²) in [5, 5.41) is 6.04. The fourth-order valence-corrected chi connectivity index (χ4v) is 2.89. The molecular formula is C17H24FN3O3. The minimum atomic E-state index is -0.611. The summed E-state index contributed by atoms with van der Waals surface area (Å²) < 4.78 is 19.1. The first-order valence-corrected chi connectivity index (χ1v) is 7.92. The van der Waals surface area contributed by atoms with E-state index in [0.29, 0.717) is 25.1 Å². The fraction of sp³-hybridized carbons (Fsp3) is 0.529. The summed E-state index contributed by atoms with van der Waals surface area (Å²) in [4.78, 5) is 26.1. The van der Waals surface area contributed by atoms with E-state index in [-0.39, 0.29) is 11.5 Å². The smallest absolute Gasteiger partial charge is 0.256 e. The quantitative estimate of drug-likeness (QED) is 0.854. The summed E-state index contributed by atoms with van der Waals surface area (Å²) in [6.07, 6.45) is 1.33. The van der Waals surface area contributed by atoms with Gasteiger partial charge in [-0.3, -0.25) is 9.59 Å². The average Bonchev–Trinajstić information content (AvgIpc) is 2.57. The molecule has 0 aromatic heterocycles. The number of benzene rings is 1. The molecule has 0 saturated carbocycles. The fourth-order valence-electron chi connectivity index (χ4n) is 2.89. The number of piperidine rings is 1. The molecule has 7 heteroatoms. The van der Waals surface area contributed by atoms with Crippen molar-refractivity contribution in [1.29, 1.82) is 0 Å². The van der Waals surface area contributed by atoms with Gasteiger partial charge in [-0.2, -0.15) is 0 Å². The van der Waals surface area contributed by atoms with E-state index >= 15 is 0 Å². The number of amides is 2. The molecule has 0 aliphatic carbocycles. The molecule has 2 amide bonds. The maximum atomic E-state index is 13.9. The minimum absolute atomic E-state index is 0.0658. The van der Waals surface area contributed by atoms with Crippen molar-refractivity contribution >= 4 is 17.5 Å². The summed E-state index contributed by atoms with van der Waals surface area (Å²) >= 11 is 0. The highest BCUT2D eigenvalue weighted by molar-refractivity contribution is 5.99. The molecule has 6 nitrogen and oxygen atoms in total. The van der Waals surface area contributed by atoms with Crippen molar-refractivity contribution in [3.8, 4) is 0 Å². The van der Waals surface area contributed by atoms with Crippen LogP contribution in [0.15, 0.2) is 18.2 Å². The van der Waals surface area contributed by atoms with Crippen LogP contribution in [0.4, 0.5) is 10.1 Å². The Morgan fingerprint density at radius 2 is 2.00 bits per heavy atom. The van der Waals surface area contributed by atoms with Gasteiger partial charge >= 0.3 is 0 Å². The van der Waals surface area contributed by atoms with Crippen LogP contribution in [0.3, 0.4) is 0 Å². The summed E-state index contributed by atoms with van der Waals surface area (Å²) in [6, 6.07) is 4.02. The lowest BCUT2D eigenvalue weighted by Crippen LogP contribution is -2.47. The zero-order chi connectivity index (χ0) is 17.7. The van der Waals surface area contributed by atoms with Crippen molar-refractivity contribution in [2.75, 3.05) is 46.2 Å². The predicted octanol–water partition coefficient (Wildman–Crippen LogP) is 1.48. The number of methoxy groups -OCH3 is 1. The summed E-state index contributed by atoms with van der Waals surface area (Å²) in [6.45, 7) is 1.81. The summed E-state index contributed by atoms with van der Waals surface area (Å²) in [5.74, 6) is -1.22. The van der Waals surface area contributed by atoms with Gasteiger partial charge in [0.1, 0.15) is 5.82 Å². The second-order valence-electron chi connectivity index (χ2n) is 6.31. The highest BCUT2D eigenvalue weighted by Gasteiger charge is 2.39. The molecule has 1 heterocycles. The SMILES string of the molecule is COCC1(C(=O)Nc2ccc(F)c(C(=O)N(C)C)c2)CCNCC1. The van der Waals surface area contributed by atoms with Gasteiger partial charge in [0.15, 0.2) is 0 Å². The van der Waals surface area contributed by atoms with Crippen LogP contribution in [0.25, 0.3) is 0 Å². The molecule has 0 spiro atoms. The molecule has 132 valence electrons. The van der Waals surface area contributed by atoms with Crippen LogP contribution in [0.1, 0.15) is 23.2 Å². The molecule has 24 heavy (non-hydrogen) atoms. The van der Waals surface area contributed by atoms with E-state index < -0.39 is 17.1 Å². The summed E-state index contributed by atoms with van der Waals surface area (Å²) in [5.41, 5.74) is -0.273. The van der Waals surface area contributed by atoms with E-state index in [2.05, 4.69) is 10.6 Å². The Morgan fingerprint density at radius 3 is 2.58 bits per heavy atom. The number of rotatable bonds is 5. The van der Waals surface area contributed by atoms with Gasteiger partial charge in [0.25, 0.3) is 5.91 Å². The number of ether oxygens (including phenoxy) is 1. The Bertz CT molecular complexity index is 608. The standard InChI is InChI=1S/C17H24FN3O3/c1-21(2)15(22)13-10-12(4-5-14(13)18)20-16(23)17(11-24-3)6-8-19-9-7-17/h4-5,10,19H,6-9,11H2,1-3H3,(H,20,23). The third-order valence-corrected chi connectivity index (χ3v) is 4.32. The Labute approximate surface area is 141 Å². The van der Waals surface area contributed by atoms with E-state index in [1.54, 1.807) is 21.2 Å². The van der Waals surface area contributed by atoms with Crippen molar-refractivity contribution in [3.63, 3.8) is 0 Å². The van der Waals surface area contributed by atoms with E-state index in [0.717, 1.165) is 13.1 Å². The highest BCUT2D eigenvalue weighted by atomic mass is 19.1. The van der Waals surface area contributed by atoms with Gasteiger partial charge < -0.3 is 20.3 Å². The maximum absolute atomic E-state index is 13.9. The molecule has 1 aliphatic rings. The zero-order valence-corrected chi connectivity index (χ0v) is 14.3. The van der Waals surface area contributed by atoms with Gasteiger partial charge in [-0.15, -0.1) is 0 Å². The molecule has 1 saturated heterocycles. The van der Waals surface area contributed by atoms with Crippen molar-refractivity contribution in [2.24, 2.45) is 5.41 Å². The van der Waals surface area contributed by atoms with Gasteiger partial charge in [-0.1, -0.05) is 0 Å². The number of anilines is 1. The van der Waals surface area contributed by atoms with E-state index in [1.165, 1.54) is 23.1 Å². The van der Waals surface area contributed by atoms with E-state index in [1.807, 2.05) is 0 Å². The topological polar surface area (TPSA) is 70.7 Å². The molecular weight excluding hydrogens is 313 g/mol. The number of hydrogen-bond donors (Lipinski definition) is 2. The van der Waals surface area contributed by atoms with Gasteiger partial charge in [0.05, 0.1) is 17.6 Å². The first-order chi connectivity index (χ1) is 11.4. The van der Waals surface area contributed by atoms with Gasteiger partial charge in [-0.25, -0.2) is 4.39 Å². The number of nitrogens with one attached hydrogen (secondary N) is 2. The molecule has 2 rings (SSSR count). The van der Waals surface area contributed by atoms with Crippen LogP contribution in [0.5, 0.6) is 0 Å². The van der Waals surface area contributed by atoms with Crippen molar-refractivity contribution in [1.82, 2.24) is 10.2 Å². The normalized spacial score (nSPS) is 16.5. The van der Waals surface area contributed by atoms with E-state index in [4.69, 9.17) is 4.74 Å². The first kappa shape index (κ1) is 18.4. The monoisotopic (exact) mass is 337 g/mol. The maximum Gasteiger partial charge on any atom is 0.256 e. The van der Waals surface area contributed by atoms with Crippen LogP contribution in [-0.2, 0) is 9.53 Å². The van der Waals surface area contributed by atoms with Crippen LogP contribution in [0, 0.1) is 11.2 Å². The van der Waals surface area contributed by atoms with E-state index in [9.17, 15) is 14.0 Å². The average molecular weight is 337 g/mol. The Kier molecular flexibility index (Phi) is 5.90. The Hall–Kier alpha value is -1.99. The third kappa shape index (κ3) is 3.91. The van der Waals surface area contributed by atoms with Crippen LogP contribution in [-0.4, -0.2) is 57.6 Å². The molecule has 1 fully saturated rings. The Morgan fingerprint density at radius 1 is 1.33 bits per heavy atom.